The van der Waals surface area contributed by atoms with Gasteiger partial charge in [0.05, 0.1) is 25.2 Å². The highest BCUT2D eigenvalue weighted by Crippen LogP contribution is 2.18. The van der Waals surface area contributed by atoms with Gasteiger partial charge in [-0.3, -0.25) is 9.59 Å². The van der Waals surface area contributed by atoms with Crippen LogP contribution in [0.4, 0.5) is 0 Å². The van der Waals surface area contributed by atoms with Crippen LogP contribution in [-0.4, -0.2) is 46.9 Å². The van der Waals surface area contributed by atoms with Gasteiger partial charge in [-0.25, -0.2) is 0 Å². The van der Waals surface area contributed by atoms with Crippen molar-refractivity contribution in [3.63, 3.8) is 0 Å². The molecule has 0 saturated carbocycles. The largest absolute Gasteiger partial charge is 0.462 e. The minimum Gasteiger partial charge on any atom is -0.462 e. The Bertz CT molecular complexity index is 1040. The van der Waals surface area contributed by atoms with Crippen molar-refractivity contribution in [1.82, 2.24) is 5.32 Å². The molecule has 3 unspecified atom stereocenters. The molecular weight excluding hydrogens is 815 g/mol. The molecule has 6 heteroatoms. The van der Waals surface area contributed by atoms with Gasteiger partial charge in [0.25, 0.3) is 0 Å². The highest BCUT2D eigenvalue weighted by Gasteiger charge is 2.24. The Kier molecular flexibility index (Phi) is 52.9. The number of ether oxygens (including phenoxy) is 1. The fourth-order valence-electron chi connectivity index (χ4n) is 9.25. The molecule has 390 valence electrons. The number of aliphatic hydroxyl groups is 2. The van der Waals surface area contributed by atoms with E-state index in [2.05, 4.69) is 50.4 Å². The number of unbranched alkanes of at least 4 members (excludes halogenated alkanes) is 38. The van der Waals surface area contributed by atoms with Crippen LogP contribution in [0.25, 0.3) is 0 Å². The van der Waals surface area contributed by atoms with Crippen molar-refractivity contribution in [2.24, 2.45) is 0 Å². The maximum Gasteiger partial charge on any atom is 0.306 e. The lowest BCUT2D eigenvalue weighted by Crippen LogP contribution is -2.46. The van der Waals surface area contributed by atoms with Gasteiger partial charge in [-0.05, 0) is 77.0 Å². The van der Waals surface area contributed by atoms with Crippen LogP contribution in [0.1, 0.15) is 323 Å². The fourth-order valence-corrected chi connectivity index (χ4v) is 9.25. The molecule has 3 atom stereocenters. The summed E-state index contributed by atoms with van der Waals surface area (Å²) in [4.78, 5) is 26.3. The molecule has 0 aromatic carbocycles. The molecule has 1 amide bonds. The first-order valence-corrected chi connectivity index (χ1v) is 29.6. The second-order valence-electron chi connectivity index (χ2n) is 20.4. The number of esters is 1. The summed E-state index contributed by atoms with van der Waals surface area (Å²) in [6, 6.07) is -0.704. The minimum atomic E-state index is -0.790. The summed E-state index contributed by atoms with van der Waals surface area (Å²) in [6.45, 7) is 6.51. The molecule has 0 spiro atoms. The van der Waals surface area contributed by atoms with Crippen molar-refractivity contribution < 1.29 is 24.5 Å². The van der Waals surface area contributed by atoms with Gasteiger partial charge in [-0.1, -0.05) is 257 Å². The Morgan fingerprint density at radius 3 is 1.09 bits per heavy atom. The lowest BCUT2D eigenvalue weighted by molar-refractivity contribution is -0.151. The number of aliphatic hydroxyl groups excluding tert-OH is 2. The van der Waals surface area contributed by atoms with Gasteiger partial charge >= 0.3 is 5.97 Å². The number of amides is 1. The number of carbonyl (C=O) groups is 2. The van der Waals surface area contributed by atoms with Crippen molar-refractivity contribution in [2.45, 2.75) is 341 Å². The highest BCUT2D eigenvalue weighted by molar-refractivity contribution is 5.77. The summed E-state index contributed by atoms with van der Waals surface area (Å²) in [7, 11) is 0. The summed E-state index contributed by atoms with van der Waals surface area (Å²) in [5.41, 5.74) is 0. The SMILES string of the molecule is CCCCCCCC/C=C/CCCCCCCCCC(=O)OC(CCCCC/C=C/CCCCCCCCC)CC(=O)NC(CO)C(O)CCCCCCCCCCCCCCCCCC. The smallest absolute Gasteiger partial charge is 0.306 e. The van der Waals surface area contributed by atoms with Crippen molar-refractivity contribution in [3.05, 3.63) is 24.3 Å². The van der Waals surface area contributed by atoms with Gasteiger partial charge in [-0.15, -0.1) is 0 Å². The monoisotopic (exact) mass is 930 g/mol. The Morgan fingerprint density at radius 1 is 0.424 bits per heavy atom. The Hall–Kier alpha value is -1.66. The zero-order valence-electron chi connectivity index (χ0n) is 44.6. The number of hydrogen-bond donors (Lipinski definition) is 3. The van der Waals surface area contributed by atoms with E-state index in [9.17, 15) is 19.8 Å². The first-order chi connectivity index (χ1) is 32.5. The van der Waals surface area contributed by atoms with Gasteiger partial charge in [-0.2, -0.15) is 0 Å². The quantitative estimate of drug-likeness (QED) is 0.0321. The lowest BCUT2D eigenvalue weighted by Gasteiger charge is -2.24. The third-order valence-corrected chi connectivity index (χ3v) is 13.8. The van der Waals surface area contributed by atoms with Gasteiger partial charge in [0.2, 0.25) is 5.91 Å². The predicted octanol–water partition coefficient (Wildman–Crippen LogP) is 18.2. The van der Waals surface area contributed by atoms with E-state index in [1.165, 1.54) is 218 Å². The van der Waals surface area contributed by atoms with Gasteiger partial charge < -0.3 is 20.3 Å². The van der Waals surface area contributed by atoms with Crippen molar-refractivity contribution >= 4 is 11.9 Å². The number of allylic oxidation sites excluding steroid dienone is 4. The van der Waals surface area contributed by atoms with Crippen LogP contribution in [0.2, 0.25) is 0 Å². The first-order valence-electron chi connectivity index (χ1n) is 29.6. The lowest BCUT2D eigenvalue weighted by atomic mass is 10.0. The molecule has 3 N–H and O–H groups in total. The number of rotatable bonds is 54. The second kappa shape index (κ2) is 54.3. The van der Waals surface area contributed by atoms with E-state index in [0.717, 1.165) is 57.8 Å². The number of hydrogen-bond acceptors (Lipinski definition) is 5. The standard InChI is InChI=1S/C60H115NO5/c1-4-7-10-13-16-19-22-25-28-30-32-35-38-41-44-47-50-53-60(65)66-56(51-48-45-42-39-36-33-27-24-21-18-15-12-9-6-3)54-59(64)61-57(55-62)58(63)52-49-46-43-40-37-34-31-29-26-23-20-17-14-11-8-5-2/h25,28,33,36,56-58,62-63H,4-24,26-27,29-32,34-35,37-55H2,1-3H3,(H,61,64)/b28-25+,36-33+. The van der Waals surface area contributed by atoms with Crippen LogP contribution in [-0.2, 0) is 14.3 Å². The molecule has 0 aromatic heterocycles. The Balaban J connectivity index is 4.52. The maximum absolute atomic E-state index is 13.3. The van der Waals surface area contributed by atoms with E-state index in [1.807, 2.05) is 0 Å². The highest BCUT2D eigenvalue weighted by atomic mass is 16.5. The average molecular weight is 931 g/mol. The molecule has 0 rings (SSSR count). The average Bonchev–Trinajstić information content (AvgIpc) is 3.31. The molecule has 0 heterocycles. The van der Waals surface area contributed by atoms with E-state index in [4.69, 9.17) is 4.74 Å². The summed E-state index contributed by atoms with van der Waals surface area (Å²) in [5.74, 6) is -0.476. The third kappa shape index (κ3) is 48.8. The van der Waals surface area contributed by atoms with Gasteiger partial charge in [0.15, 0.2) is 0 Å². The van der Waals surface area contributed by atoms with Crippen LogP contribution < -0.4 is 5.32 Å². The molecule has 0 aliphatic heterocycles. The van der Waals surface area contributed by atoms with Crippen molar-refractivity contribution in [3.8, 4) is 0 Å². The van der Waals surface area contributed by atoms with E-state index >= 15 is 0 Å². The minimum absolute atomic E-state index is 0.0700. The molecule has 66 heavy (non-hydrogen) atoms. The maximum atomic E-state index is 13.3. The summed E-state index contributed by atoms with van der Waals surface area (Å²) < 4.78 is 5.96. The Labute approximate surface area is 411 Å². The molecule has 0 radical (unpaired) electrons. The van der Waals surface area contributed by atoms with Crippen molar-refractivity contribution in [2.75, 3.05) is 6.61 Å². The zero-order valence-corrected chi connectivity index (χ0v) is 44.6. The van der Waals surface area contributed by atoms with Crippen LogP contribution in [0.3, 0.4) is 0 Å². The van der Waals surface area contributed by atoms with Crippen LogP contribution >= 0.6 is 0 Å². The van der Waals surface area contributed by atoms with Crippen LogP contribution in [0.15, 0.2) is 24.3 Å². The first kappa shape index (κ1) is 64.3. The normalized spacial score (nSPS) is 13.2. The molecule has 0 fully saturated rings. The molecule has 0 saturated heterocycles. The van der Waals surface area contributed by atoms with E-state index in [1.54, 1.807) is 0 Å². The van der Waals surface area contributed by atoms with Gasteiger partial charge in [0, 0.05) is 6.42 Å². The van der Waals surface area contributed by atoms with E-state index in [0.29, 0.717) is 19.3 Å². The second-order valence-corrected chi connectivity index (χ2v) is 20.4. The van der Waals surface area contributed by atoms with Crippen LogP contribution in [0, 0.1) is 0 Å². The number of carbonyl (C=O) groups excluding carboxylic acids is 2. The molecule has 0 bridgehead atoms. The molecule has 0 aliphatic carbocycles. The molecule has 0 aromatic rings. The van der Waals surface area contributed by atoms with E-state index < -0.39 is 18.2 Å². The topological polar surface area (TPSA) is 95.9 Å². The number of nitrogens with one attached hydrogen (secondary N) is 1. The molecule has 6 nitrogen and oxygen atoms in total. The van der Waals surface area contributed by atoms with E-state index in [-0.39, 0.29) is 24.9 Å². The summed E-state index contributed by atoms with van der Waals surface area (Å²) >= 11 is 0. The third-order valence-electron chi connectivity index (χ3n) is 13.8. The van der Waals surface area contributed by atoms with Crippen LogP contribution in [0.5, 0.6) is 0 Å². The van der Waals surface area contributed by atoms with Gasteiger partial charge in [0.1, 0.15) is 6.10 Å². The summed E-state index contributed by atoms with van der Waals surface area (Å²) in [6.07, 6.45) is 63.9. The predicted molar refractivity (Wildman–Crippen MR) is 287 cm³/mol. The molecular formula is C60H115NO5. The fraction of sp³-hybridized carbons (Fsp3) is 0.900. The summed E-state index contributed by atoms with van der Waals surface area (Å²) in [5, 5.41) is 23.9. The molecule has 0 aliphatic rings. The van der Waals surface area contributed by atoms with Crippen molar-refractivity contribution in [1.29, 1.82) is 0 Å². The zero-order chi connectivity index (χ0) is 48.1. The Morgan fingerprint density at radius 2 is 0.727 bits per heavy atom.